The Morgan fingerprint density at radius 3 is 2.86 bits per heavy atom. The first kappa shape index (κ1) is 17.1. The molecule has 1 unspecified atom stereocenters. The smallest absolute Gasteiger partial charge is 0.257 e. The number of hydrogen-bond acceptors (Lipinski definition) is 6. The first-order chi connectivity index (χ1) is 9.86. The van der Waals surface area contributed by atoms with E-state index in [-0.39, 0.29) is 22.7 Å². The number of halogens is 1. The number of pyridine rings is 1. The molecule has 2 aromatic heterocycles. The lowest BCUT2D eigenvalue weighted by Crippen LogP contribution is -2.34. The molecule has 0 bridgehead atoms. The van der Waals surface area contributed by atoms with E-state index in [4.69, 9.17) is 10.3 Å². The third-order valence-corrected chi connectivity index (χ3v) is 5.95. The fourth-order valence-corrected chi connectivity index (χ4v) is 4.13. The summed E-state index contributed by atoms with van der Waals surface area (Å²) in [6, 6.07) is 1.57. The van der Waals surface area contributed by atoms with Crippen molar-refractivity contribution in [2.24, 2.45) is 11.1 Å². The maximum Gasteiger partial charge on any atom is 0.257 e. The molecule has 2 aromatic rings. The molecule has 0 amide bonds. The van der Waals surface area contributed by atoms with Crippen molar-refractivity contribution in [3.8, 4) is 0 Å². The maximum atomic E-state index is 12.7. The summed E-state index contributed by atoms with van der Waals surface area (Å²) in [7, 11) is -3.56. The molecule has 1 fully saturated rings. The highest BCUT2D eigenvalue weighted by molar-refractivity contribution is 7.89. The lowest BCUT2D eigenvalue weighted by molar-refractivity contribution is 0.349. The minimum absolute atomic E-state index is 0. The molecule has 7 nitrogen and oxygen atoms in total. The summed E-state index contributed by atoms with van der Waals surface area (Å²) >= 11 is 0. The average Bonchev–Trinajstić information content (AvgIpc) is 3.04. The molecule has 2 N–H and O–H groups in total. The molecule has 22 heavy (non-hydrogen) atoms. The van der Waals surface area contributed by atoms with Crippen molar-refractivity contribution in [2.75, 3.05) is 19.6 Å². The van der Waals surface area contributed by atoms with Crippen LogP contribution in [0.15, 0.2) is 21.7 Å². The molecule has 0 aliphatic carbocycles. The van der Waals surface area contributed by atoms with Crippen LogP contribution in [0.4, 0.5) is 0 Å². The minimum atomic E-state index is -3.56. The molecular weight excluding hydrogens is 328 g/mol. The van der Waals surface area contributed by atoms with Gasteiger partial charge in [-0.3, -0.25) is 0 Å². The van der Waals surface area contributed by atoms with Crippen molar-refractivity contribution in [3.05, 3.63) is 18.0 Å². The van der Waals surface area contributed by atoms with Gasteiger partial charge in [-0.25, -0.2) is 13.4 Å². The Labute approximate surface area is 135 Å². The topological polar surface area (TPSA) is 102 Å². The Morgan fingerprint density at radius 2 is 2.23 bits per heavy atom. The predicted octanol–water partition coefficient (Wildman–Crippen LogP) is 1.31. The first-order valence-electron chi connectivity index (χ1n) is 6.78. The summed E-state index contributed by atoms with van der Waals surface area (Å²) in [5.74, 6) is 0. The highest BCUT2D eigenvalue weighted by Crippen LogP contribution is 2.33. The number of fused-ring (bicyclic) bond motifs is 1. The Bertz CT molecular complexity index is 792. The van der Waals surface area contributed by atoms with Crippen molar-refractivity contribution in [1.82, 2.24) is 14.4 Å². The van der Waals surface area contributed by atoms with Crippen LogP contribution < -0.4 is 5.73 Å². The molecule has 0 radical (unpaired) electrons. The number of sulfonamides is 1. The summed E-state index contributed by atoms with van der Waals surface area (Å²) in [4.78, 5) is 4.21. The van der Waals surface area contributed by atoms with Crippen LogP contribution in [0.25, 0.3) is 11.1 Å². The Morgan fingerprint density at radius 1 is 1.50 bits per heavy atom. The second kappa shape index (κ2) is 5.77. The van der Waals surface area contributed by atoms with Gasteiger partial charge in [-0.1, -0.05) is 12.1 Å². The van der Waals surface area contributed by atoms with E-state index < -0.39 is 10.0 Å². The fourth-order valence-electron chi connectivity index (χ4n) is 2.57. The molecule has 0 spiro atoms. The number of nitrogens with zero attached hydrogens (tertiary/aromatic N) is 3. The fraction of sp³-hybridized carbons (Fsp3) is 0.538. The van der Waals surface area contributed by atoms with Crippen LogP contribution in [0, 0.1) is 12.3 Å². The Kier molecular flexibility index (Phi) is 4.49. The van der Waals surface area contributed by atoms with Crippen molar-refractivity contribution in [1.29, 1.82) is 0 Å². The predicted molar refractivity (Wildman–Crippen MR) is 84.3 cm³/mol. The molecule has 1 atom stereocenters. The van der Waals surface area contributed by atoms with Crippen LogP contribution in [-0.4, -0.2) is 42.5 Å². The largest absolute Gasteiger partial charge is 0.336 e. The number of aromatic nitrogens is 2. The van der Waals surface area contributed by atoms with E-state index in [1.54, 1.807) is 13.0 Å². The molecule has 0 saturated carbocycles. The van der Waals surface area contributed by atoms with E-state index in [9.17, 15) is 8.42 Å². The second-order valence-electron chi connectivity index (χ2n) is 5.90. The minimum Gasteiger partial charge on any atom is -0.336 e. The molecule has 9 heteroatoms. The average molecular weight is 347 g/mol. The highest BCUT2D eigenvalue weighted by Gasteiger charge is 2.39. The Hall–Kier alpha value is -1.22. The van der Waals surface area contributed by atoms with Crippen LogP contribution in [0.1, 0.15) is 19.0 Å². The zero-order valence-electron chi connectivity index (χ0n) is 12.4. The monoisotopic (exact) mass is 346 g/mol. The second-order valence-corrected chi connectivity index (χ2v) is 7.83. The normalized spacial score (nSPS) is 22.9. The van der Waals surface area contributed by atoms with E-state index >= 15 is 0 Å². The van der Waals surface area contributed by atoms with E-state index in [1.807, 2.05) is 6.92 Å². The summed E-state index contributed by atoms with van der Waals surface area (Å²) < 4.78 is 31.9. The van der Waals surface area contributed by atoms with E-state index in [1.165, 1.54) is 10.5 Å². The van der Waals surface area contributed by atoms with Gasteiger partial charge < -0.3 is 10.3 Å². The first-order valence-corrected chi connectivity index (χ1v) is 8.22. The van der Waals surface area contributed by atoms with Gasteiger partial charge in [0.15, 0.2) is 0 Å². The number of rotatable bonds is 3. The van der Waals surface area contributed by atoms with E-state index in [0.29, 0.717) is 36.4 Å². The summed E-state index contributed by atoms with van der Waals surface area (Å²) in [5.41, 5.74) is 6.56. The quantitative estimate of drug-likeness (QED) is 0.899. The van der Waals surface area contributed by atoms with Gasteiger partial charge in [0.1, 0.15) is 4.90 Å². The van der Waals surface area contributed by atoms with Gasteiger partial charge in [0.05, 0.1) is 17.3 Å². The summed E-state index contributed by atoms with van der Waals surface area (Å²) in [6.07, 6.45) is 2.09. The number of nitrogens with two attached hydrogens (primary N) is 1. The van der Waals surface area contributed by atoms with Crippen molar-refractivity contribution in [2.45, 2.75) is 25.2 Å². The zero-order valence-corrected chi connectivity index (χ0v) is 14.1. The van der Waals surface area contributed by atoms with Crippen LogP contribution in [0.5, 0.6) is 0 Å². The molecular formula is C13H19ClN4O3S. The van der Waals surface area contributed by atoms with Crippen LogP contribution >= 0.6 is 12.4 Å². The van der Waals surface area contributed by atoms with Gasteiger partial charge in [-0.05, 0) is 31.4 Å². The van der Waals surface area contributed by atoms with Crippen LogP contribution in [0.2, 0.25) is 0 Å². The van der Waals surface area contributed by atoms with Crippen molar-refractivity contribution < 1.29 is 12.9 Å². The van der Waals surface area contributed by atoms with Crippen molar-refractivity contribution in [3.63, 3.8) is 0 Å². The molecule has 1 aliphatic rings. The SMILES string of the molecule is Cc1noc2ncc(S(=O)(=O)N3CCC(C)(CN)C3)cc12.Cl. The van der Waals surface area contributed by atoms with Crippen LogP contribution in [0.3, 0.4) is 0 Å². The van der Waals surface area contributed by atoms with Crippen molar-refractivity contribution >= 4 is 33.5 Å². The molecule has 122 valence electrons. The highest BCUT2D eigenvalue weighted by atomic mass is 35.5. The summed E-state index contributed by atoms with van der Waals surface area (Å²) in [6.45, 7) is 5.16. The molecule has 3 heterocycles. The van der Waals surface area contributed by atoms with Gasteiger partial charge in [-0.2, -0.15) is 4.31 Å². The number of aryl methyl sites for hydroxylation is 1. The maximum absolute atomic E-state index is 12.7. The molecule has 3 rings (SSSR count). The Balaban J connectivity index is 0.00000176. The van der Waals surface area contributed by atoms with Gasteiger partial charge >= 0.3 is 0 Å². The summed E-state index contributed by atoms with van der Waals surface area (Å²) in [5, 5.41) is 4.41. The third-order valence-electron chi connectivity index (χ3n) is 4.14. The van der Waals surface area contributed by atoms with E-state index in [0.717, 1.165) is 6.42 Å². The lowest BCUT2D eigenvalue weighted by Gasteiger charge is -2.22. The van der Waals surface area contributed by atoms with E-state index in [2.05, 4.69) is 10.1 Å². The number of hydrogen-bond donors (Lipinski definition) is 1. The lowest BCUT2D eigenvalue weighted by atomic mass is 9.90. The molecule has 0 aromatic carbocycles. The van der Waals surface area contributed by atoms with Gasteiger partial charge in [0.25, 0.3) is 5.71 Å². The molecule has 1 aliphatic heterocycles. The van der Waals surface area contributed by atoms with Gasteiger partial charge in [-0.15, -0.1) is 12.4 Å². The molecule has 1 saturated heterocycles. The zero-order chi connectivity index (χ0) is 15.3. The van der Waals surface area contributed by atoms with Crippen LogP contribution in [-0.2, 0) is 10.0 Å². The standard InChI is InChI=1S/C13H18N4O3S.ClH/c1-9-11-5-10(6-15-12(11)20-16-9)21(18,19)17-4-3-13(2,7-14)8-17;/h5-6H,3-4,7-8,14H2,1-2H3;1H. The van der Waals surface area contributed by atoms with Gasteiger partial charge in [0, 0.05) is 13.1 Å². The van der Waals surface area contributed by atoms with Gasteiger partial charge in [0.2, 0.25) is 10.0 Å². The third kappa shape index (κ3) is 2.71.